The first kappa shape index (κ1) is 22.6. The molecule has 3 heterocycles. The largest absolute Gasteiger partial charge is 0.497 e. The van der Waals surface area contributed by atoms with Gasteiger partial charge in [-0.3, -0.25) is 14.4 Å². The Hall–Kier alpha value is -4.14. The van der Waals surface area contributed by atoms with Crippen molar-refractivity contribution in [3.8, 4) is 17.2 Å². The third kappa shape index (κ3) is 4.49. The highest BCUT2D eigenvalue weighted by molar-refractivity contribution is 6.01. The summed E-state index contributed by atoms with van der Waals surface area (Å²) in [5, 5.41) is 0. The molecular weight excluding hydrogens is 450 g/mol. The summed E-state index contributed by atoms with van der Waals surface area (Å²) in [5.41, 5.74) is 0.290. The van der Waals surface area contributed by atoms with Gasteiger partial charge in [-0.2, -0.15) is 0 Å². The average Bonchev–Trinajstić information content (AvgIpc) is 3.26. The fourth-order valence-corrected chi connectivity index (χ4v) is 4.65. The molecule has 1 fully saturated rings. The quantitative estimate of drug-likeness (QED) is 0.604. The van der Waals surface area contributed by atoms with Crippen LogP contribution in [0.3, 0.4) is 0 Å². The van der Waals surface area contributed by atoms with E-state index < -0.39 is 11.2 Å². The normalized spacial score (nSPS) is 18.8. The van der Waals surface area contributed by atoms with E-state index >= 15 is 0 Å². The smallest absolute Gasteiger partial charge is 0.272 e. The van der Waals surface area contributed by atoms with Gasteiger partial charge in [-0.25, -0.2) is 4.98 Å². The Morgan fingerprint density at radius 3 is 2.57 bits per heavy atom. The zero-order valence-electron chi connectivity index (χ0n) is 19.5. The molecule has 1 aromatic heterocycles. The van der Waals surface area contributed by atoms with Gasteiger partial charge < -0.3 is 24.1 Å². The van der Waals surface area contributed by atoms with Crippen molar-refractivity contribution in [3.05, 3.63) is 81.5 Å². The van der Waals surface area contributed by atoms with Crippen LogP contribution in [0, 0.1) is 0 Å². The summed E-state index contributed by atoms with van der Waals surface area (Å²) >= 11 is 0. The minimum absolute atomic E-state index is 0.0458. The number of carbonyl (C=O) groups is 2. The van der Waals surface area contributed by atoms with Crippen LogP contribution in [0.15, 0.2) is 53.3 Å². The lowest BCUT2D eigenvalue weighted by molar-refractivity contribution is 0.0426. The Morgan fingerprint density at radius 2 is 1.83 bits per heavy atom. The molecule has 2 aromatic carbocycles. The highest BCUT2D eigenvalue weighted by Gasteiger charge is 2.47. The summed E-state index contributed by atoms with van der Waals surface area (Å²) in [6.07, 6.45) is 1.04. The average molecular weight is 476 g/mol. The second-order valence-electron chi connectivity index (χ2n) is 8.83. The van der Waals surface area contributed by atoms with Crippen molar-refractivity contribution in [3.63, 3.8) is 0 Å². The second kappa shape index (κ2) is 8.90. The summed E-state index contributed by atoms with van der Waals surface area (Å²) < 4.78 is 16.6. The first-order valence-corrected chi connectivity index (χ1v) is 11.3. The van der Waals surface area contributed by atoms with Crippen LogP contribution in [0.1, 0.15) is 45.1 Å². The van der Waals surface area contributed by atoms with Crippen LogP contribution in [0.5, 0.6) is 17.2 Å². The molecule has 1 amide bonds. The fraction of sp³-hybridized carbons (Fsp3) is 0.308. The second-order valence-corrected chi connectivity index (χ2v) is 8.83. The minimum Gasteiger partial charge on any atom is -0.497 e. The van der Waals surface area contributed by atoms with Gasteiger partial charge in [0.25, 0.3) is 11.5 Å². The molecule has 0 saturated carbocycles. The maximum Gasteiger partial charge on any atom is 0.272 e. The van der Waals surface area contributed by atoms with Crippen molar-refractivity contribution in [2.45, 2.75) is 24.9 Å². The van der Waals surface area contributed by atoms with Gasteiger partial charge in [0, 0.05) is 25.5 Å². The maximum absolute atomic E-state index is 13.3. The molecule has 1 saturated heterocycles. The zero-order valence-corrected chi connectivity index (χ0v) is 19.5. The summed E-state index contributed by atoms with van der Waals surface area (Å²) in [6, 6.07) is 13.8. The summed E-state index contributed by atoms with van der Waals surface area (Å²) in [6.45, 7) is 0.644. The molecule has 0 radical (unpaired) electrons. The van der Waals surface area contributed by atoms with Gasteiger partial charge >= 0.3 is 0 Å². The van der Waals surface area contributed by atoms with Gasteiger partial charge in [0.05, 0.1) is 32.7 Å². The van der Waals surface area contributed by atoms with Gasteiger partial charge in [-0.1, -0.05) is 12.1 Å². The monoisotopic (exact) mass is 475 g/mol. The van der Waals surface area contributed by atoms with E-state index in [4.69, 9.17) is 14.2 Å². The molecule has 3 aromatic rings. The molecule has 1 atom stereocenters. The molecular formula is C26H25N3O6. The number of H-pyrrole nitrogens is 1. The molecule has 5 rings (SSSR count). The van der Waals surface area contributed by atoms with E-state index in [0.29, 0.717) is 42.3 Å². The molecule has 9 heteroatoms. The molecule has 9 nitrogen and oxygen atoms in total. The number of fused-ring (bicyclic) bond motifs is 1. The Labute approximate surface area is 201 Å². The van der Waals surface area contributed by atoms with Gasteiger partial charge in [0.1, 0.15) is 34.4 Å². The van der Waals surface area contributed by atoms with Crippen LogP contribution < -0.4 is 19.8 Å². The molecule has 35 heavy (non-hydrogen) atoms. The van der Waals surface area contributed by atoms with Crippen molar-refractivity contribution < 1.29 is 23.8 Å². The van der Waals surface area contributed by atoms with E-state index in [1.165, 1.54) is 6.07 Å². The van der Waals surface area contributed by atoms with Crippen LogP contribution in [0.25, 0.3) is 0 Å². The predicted octanol–water partition coefficient (Wildman–Crippen LogP) is 2.63. The number of hydrogen-bond acceptors (Lipinski definition) is 7. The van der Waals surface area contributed by atoms with Crippen LogP contribution in [0.2, 0.25) is 0 Å². The number of carbonyl (C=O) groups excluding carboxylic acids is 2. The van der Waals surface area contributed by atoms with Crippen LogP contribution in [0.4, 0.5) is 0 Å². The number of ketones is 1. The number of aromatic amines is 1. The van der Waals surface area contributed by atoms with Crippen molar-refractivity contribution >= 4 is 11.7 Å². The number of benzene rings is 2. The number of likely N-dealkylation sites (tertiary alicyclic amines) is 1. The first-order chi connectivity index (χ1) is 16.9. The fourth-order valence-electron chi connectivity index (χ4n) is 4.65. The molecule has 0 bridgehead atoms. The van der Waals surface area contributed by atoms with E-state index in [1.807, 2.05) is 24.3 Å². The lowest BCUT2D eigenvalue weighted by Gasteiger charge is -2.34. The van der Waals surface area contributed by atoms with Gasteiger partial charge in [0.2, 0.25) is 0 Å². The van der Waals surface area contributed by atoms with Gasteiger partial charge in [-0.15, -0.1) is 0 Å². The number of nitrogens with one attached hydrogen (secondary N) is 1. The summed E-state index contributed by atoms with van der Waals surface area (Å²) in [5.74, 6) is 1.80. The maximum atomic E-state index is 13.3. The van der Waals surface area contributed by atoms with Crippen molar-refractivity contribution in [2.24, 2.45) is 0 Å². The van der Waals surface area contributed by atoms with E-state index in [9.17, 15) is 14.4 Å². The van der Waals surface area contributed by atoms with Gasteiger partial charge in [0.15, 0.2) is 5.78 Å². The number of methoxy groups -OCH3 is 2. The van der Waals surface area contributed by atoms with Gasteiger partial charge in [-0.05, 0) is 35.9 Å². The molecule has 2 aliphatic heterocycles. The van der Waals surface area contributed by atoms with E-state index in [-0.39, 0.29) is 30.3 Å². The number of amides is 1. The highest BCUT2D eigenvalue weighted by atomic mass is 16.5. The molecule has 180 valence electrons. The molecule has 1 spiro atoms. The summed E-state index contributed by atoms with van der Waals surface area (Å²) in [7, 11) is 3.14. The Balaban J connectivity index is 1.33. The van der Waals surface area contributed by atoms with Crippen molar-refractivity contribution in [1.82, 2.24) is 14.9 Å². The molecule has 1 N–H and O–H groups in total. The van der Waals surface area contributed by atoms with Crippen molar-refractivity contribution in [2.75, 3.05) is 27.3 Å². The number of ether oxygens (including phenoxy) is 3. The van der Waals surface area contributed by atoms with Crippen molar-refractivity contribution in [1.29, 1.82) is 0 Å². The van der Waals surface area contributed by atoms with Crippen LogP contribution >= 0.6 is 0 Å². The molecule has 2 aliphatic rings. The number of hydrogen-bond donors (Lipinski definition) is 1. The van der Waals surface area contributed by atoms with E-state index in [1.54, 1.807) is 37.3 Å². The number of aromatic nitrogens is 2. The summed E-state index contributed by atoms with van der Waals surface area (Å²) in [4.78, 5) is 47.1. The van der Waals surface area contributed by atoms with Crippen LogP contribution in [-0.2, 0) is 6.42 Å². The lowest BCUT2D eigenvalue weighted by atomic mass is 9.89. The Morgan fingerprint density at radius 1 is 1.09 bits per heavy atom. The number of rotatable bonds is 5. The Bertz CT molecular complexity index is 1350. The van der Waals surface area contributed by atoms with E-state index in [0.717, 1.165) is 11.3 Å². The standard InChI is InChI=1S/C26H25N3O6/c1-33-17-5-3-16(4-6-17)11-23-27-20(13-24(31)28-23)25(32)29-10-9-26(15-29)14-21(30)19-12-18(34-2)7-8-22(19)35-26/h3-8,12-13H,9-11,14-15H2,1-2H3,(H,27,28,31). The third-order valence-electron chi connectivity index (χ3n) is 6.44. The van der Waals surface area contributed by atoms with E-state index in [2.05, 4.69) is 9.97 Å². The first-order valence-electron chi connectivity index (χ1n) is 11.3. The predicted molar refractivity (Wildman–Crippen MR) is 126 cm³/mol. The van der Waals surface area contributed by atoms with Crippen LogP contribution in [-0.4, -0.2) is 59.5 Å². The SMILES string of the molecule is COc1ccc(Cc2nc(C(=O)N3CCC4(CC(=O)c5cc(OC)ccc5O4)C3)cc(=O)[nH]2)cc1. The Kier molecular flexibility index (Phi) is 5.76. The number of nitrogens with zero attached hydrogens (tertiary/aromatic N) is 2. The lowest BCUT2D eigenvalue weighted by Crippen LogP contribution is -2.45. The molecule has 1 unspecified atom stereocenters. The molecule has 0 aliphatic carbocycles. The zero-order chi connectivity index (χ0) is 24.6. The minimum atomic E-state index is -0.790. The highest BCUT2D eigenvalue weighted by Crippen LogP contribution is 2.40. The topological polar surface area (TPSA) is 111 Å². The third-order valence-corrected chi connectivity index (χ3v) is 6.44. The number of Topliss-reactive ketones (excluding diaryl/α,β-unsaturated/α-hetero) is 1.